The molecule has 2 heteroatoms. The molecule has 0 aliphatic heterocycles. The van der Waals surface area contributed by atoms with E-state index in [1.807, 2.05) is 6.07 Å². The van der Waals surface area contributed by atoms with Crippen LogP contribution in [0.1, 0.15) is 87.1 Å². The van der Waals surface area contributed by atoms with Gasteiger partial charge in [0.25, 0.3) is 0 Å². The first-order valence-corrected chi connectivity index (χ1v) is 8.55. The maximum absolute atomic E-state index is 10.6. The smallest absolute Gasteiger partial charge is 0.153 e. The maximum atomic E-state index is 10.6. The van der Waals surface area contributed by atoms with Crippen LogP contribution in [-0.4, -0.2) is 11.4 Å². The van der Waals surface area contributed by atoms with E-state index in [2.05, 4.69) is 6.92 Å². The number of aryl methyl sites for hydroxylation is 1. The zero-order valence-electron chi connectivity index (χ0n) is 13.4. The zero-order chi connectivity index (χ0) is 15.3. The van der Waals surface area contributed by atoms with Crippen molar-refractivity contribution in [2.45, 2.75) is 77.6 Å². The molecule has 0 spiro atoms. The van der Waals surface area contributed by atoms with E-state index >= 15 is 0 Å². The van der Waals surface area contributed by atoms with Crippen LogP contribution in [0.3, 0.4) is 0 Å². The van der Waals surface area contributed by atoms with Crippen molar-refractivity contribution in [2.24, 2.45) is 0 Å². The molecule has 1 N–H and O–H groups in total. The van der Waals surface area contributed by atoms with Crippen molar-refractivity contribution < 1.29 is 9.90 Å². The Kier molecular flexibility index (Phi) is 9.60. The Hall–Kier alpha value is -1.31. The van der Waals surface area contributed by atoms with Crippen LogP contribution in [0.5, 0.6) is 5.75 Å². The van der Waals surface area contributed by atoms with Gasteiger partial charge >= 0.3 is 0 Å². The molecule has 21 heavy (non-hydrogen) atoms. The number of phenols is 1. The summed E-state index contributed by atoms with van der Waals surface area (Å²) in [5, 5.41) is 9.62. The van der Waals surface area contributed by atoms with Crippen molar-refractivity contribution in [3.05, 3.63) is 29.3 Å². The van der Waals surface area contributed by atoms with Gasteiger partial charge in [-0.05, 0) is 30.5 Å². The predicted molar refractivity (Wildman–Crippen MR) is 89.0 cm³/mol. The highest BCUT2D eigenvalue weighted by Crippen LogP contribution is 2.19. The van der Waals surface area contributed by atoms with Crippen molar-refractivity contribution in [2.75, 3.05) is 0 Å². The SMILES string of the molecule is CCCCCCCCCCCCc1ccc(C=O)c(O)c1. The molecule has 0 atom stereocenters. The Morgan fingerprint density at radius 1 is 0.905 bits per heavy atom. The molecule has 0 aliphatic carbocycles. The highest BCUT2D eigenvalue weighted by molar-refractivity contribution is 5.79. The normalized spacial score (nSPS) is 10.7. The van der Waals surface area contributed by atoms with Gasteiger partial charge in [-0.25, -0.2) is 0 Å². The summed E-state index contributed by atoms with van der Waals surface area (Å²) >= 11 is 0. The molecule has 0 radical (unpaired) electrons. The zero-order valence-corrected chi connectivity index (χ0v) is 13.4. The fourth-order valence-electron chi connectivity index (χ4n) is 2.66. The molecular weight excluding hydrogens is 260 g/mol. The number of benzene rings is 1. The molecule has 0 bridgehead atoms. The third kappa shape index (κ3) is 7.89. The molecule has 0 heterocycles. The number of hydrogen-bond acceptors (Lipinski definition) is 2. The van der Waals surface area contributed by atoms with Gasteiger partial charge in [0.2, 0.25) is 0 Å². The third-order valence-corrected chi connectivity index (χ3v) is 4.04. The minimum absolute atomic E-state index is 0.106. The Labute approximate surface area is 129 Å². The van der Waals surface area contributed by atoms with Crippen molar-refractivity contribution in [3.63, 3.8) is 0 Å². The quantitative estimate of drug-likeness (QED) is 0.398. The molecule has 0 unspecified atom stereocenters. The van der Waals surface area contributed by atoms with Gasteiger partial charge < -0.3 is 5.11 Å². The van der Waals surface area contributed by atoms with E-state index in [1.165, 1.54) is 57.8 Å². The number of phenolic OH excluding ortho intramolecular Hbond substituents is 1. The van der Waals surface area contributed by atoms with Crippen molar-refractivity contribution in [1.29, 1.82) is 0 Å². The molecule has 118 valence electrons. The average molecular weight is 290 g/mol. The van der Waals surface area contributed by atoms with Gasteiger partial charge in [-0.3, -0.25) is 4.79 Å². The molecule has 0 saturated heterocycles. The highest BCUT2D eigenvalue weighted by Gasteiger charge is 2.01. The highest BCUT2D eigenvalue weighted by atomic mass is 16.3. The van der Waals surface area contributed by atoms with Gasteiger partial charge in [-0.15, -0.1) is 0 Å². The number of rotatable bonds is 12. The van der Waals surface area contributed by atoms with Gasteiger partial charge in [0.05, 0.1) is 5.56 Å². The Morgan fingerprint density at radius 3 is 2.00 bits per heavy atom. The van der Waals surface area contributed by atoms with E-state index in [-0.39, 0.29) is 5.75 Å². The summed E-state index contributed by atoms with van der Waals surface area (Å²) < 4.78 is 0. The molecule has 0 aliphatic rings. The number of hydrogen-bond donors (Lipinski definition) is 1. The number of carbonyl (C=O) groups excluding carboxylic acids is 1. The van der Waals surface area contributed by atoms with Crippen LogP contribution in [0.2, 0.25) is 0 Å². The summed E-state index contributed by atoms with van der Waals surface area (Å²) in [6.07, 6.45) is 15.0. The van der Waals surface area contributed by atoms with Crippen LogP contribution < -0.4 is 0 Å². The molecule has 2 nitrogen and oxygen atoms in total. The standard InChI is InChI=1S/C19H30O2/c1-2-3-4-5-6-7-8-9-10-11-12-17-13-14-18(16-20)19(21)15-17/h13-16,21H,2-12H2,1H3. The maximum Gasteiger partial charge on any atom is 0.153 e. The lowest BCUT2D eigenvalue weighted by atomic mass is 10.0. The lowest BCUT2D eigenvalue weighted by molar-refractivity contribution is 0.112. The summed E-state index contributed by atoms with van der Waals surface area (Å²) in [5.74, 6) is 0.106. The van der Waals surface area contributed by atoms with Crippen LogP contribution in [0.25, 0.3) is 0 Å². The number of aromatic hydroxyl groups is 1. The van der Waals surface area contributed by atoms with Crippen molar-refractivity contribution >= 4 is 6.29 Å². The summed E-state index contributed by atoms with van der Waals surface area (Å²) in [6, 6.07) is 5.36. The minimum Gasteiger partial charge on any atom is -0.507 e. The van der Waals surface area contributed by atoms with Crippen LogP contribution in [-0.2, 0) is 6.42 Å². The van der Waals surface area contributed by atoms with Crippen LogP contribution in [0.4, 0.5) is 0 Å². The van der Waals surface area contributed by atoms with Crippen molar-refractivity contribution in [3.8, 4) is 5.75 Å². The van der Waals surface area contributed by atoms with Gasteiger partial charge in [-0.2, -0.15) is 0 Å². The second-order valence-corrected chi connectivity index (χ2v) is 5.94. The molecule has 1 aromatic rings. The lowest BCUT2D eigenvalue weighted by Gasteiger charge is -2.04. The number of carbonyl (C=O) groups is 1. The predicted octanol–water partition coefficient (Wildman–Crippen LogP) is 5.67. The molecule has 0 aromatic heterocycles. The first-order chi connectivity index (χ1) is 10.3. The Balaban J connectivity index is 2.01. The third-order valence-electron chi connectivity index (χ3n) is 4.04. The topological polar surface area (TPSA) is 37.3 Å². The van der Waals surface area contributed by atoms with E-state index < -0.39 is 0 Å². The van der Waals surface area contributed by atoms with Gasteiger partial charge in [0, 0.05) is 0 Å². The number of aldehydes is 1. The van der Waals surface area contributed by atoms with E-state index in [1.54, 1.807) is 12.1 Å². The first-order valence-electron chi connectivity index (χ1n) is 8.55. The van der Waals surface area contributed by atoms with Crippen LogP contribution in [0, 0.1) is 0 Å². The van der Waals surface area contributed by atoms with E-state index in [0.29, 0.717) is 11.8 Å². The molecule has 0 saturated carbocycles. The van der Waals surface area contributed by atoms with Gasteiger partial charge in [-0.1, -0.05) is 70.8 Å². The Morgan fingerprint density at radius 2 is 1.48 bits per heavy atom. The first kappa shape index (κ1) is 17.7. The largest absolute Gasteiger partial charge is 0.507 e. The van der Waals surface area contributed by atoms with Gasteiger partial charge in [0.15, 0.2) is 6.29 Å². The van der Waals surface area contributed by atoms with Crippen molar-refractivity contribution in [1.82, 2.24) is 0 Å². The summed E-state index contributed by atoms with van der Waals surface area (Å²) in [7, 11) is 0. The summed E-state index contributed by atoms with van der Waals surface area (Å²) in [6.45, 7) is 2.26. The average Bonchev–Trinajstić information content (AvgIpc) is 2.49. The van der Waals surface area contributed by atoms with E-state index in [9.17, 15) is 9.90 Å². The second-order valence-electron chi connectivity index (χ2n) is 5.94. The van der Waals surface area contributed by atoms with E-state index in [4.69, 9.17) is 0 Å². The fraction of sp³-hybridized carbons (Fsp3) is 0.632. The van der Waals surface area contributed by atoms with Crippen LogP contribution >= 0.6 is 0 Å². The van der Waals surface area contributed by atoms with E-state index in [0.717, 1.165) is 18.4 Å². The molecular formula is C19H30O2. The number of unbranched alkanes of at least 4 members (excludes halogenated alkanes) is 9. The fourth-order valence-corrected chi connectivity index (χ4v) is 2.66. The second kappa shape index (κ2) is 11.4. The lowest BCUT2D eigenvalue weighted by Crippen LogP contribution is -1.89. The molecule has 0 amide bonds. The minimum atomic E-state index is 0.106. The molecule has 1 rings (SSSR count). The van der Waals surface area contributed by atoms with Gasteiger partial charge in [0.1, 0.15) is 5.75 Å². The van der Waals surface area contributed by atoms with Crippen LogP contribution in [0.15, 0.2) is 18.2 Å². The molecule has 1 aromatic carbocycles. The Bertz CT molecular complexity index is 399. The monoisotopic (exact) mass is 290 g/mol. The summed E-state index contributed by atoms with van der Waals surface area (Å²) in [5.41, 5.74) is 1.50. The molecule has 0 fully saturated rings. The summed E-state index contributed by atoms with van der Waals surface area (Å²) in [4.78, 5) is 10.6.